The van der Waals surface area contributed by atoms with Crippen LogP contribution in [-0.2, 0) is 0 Å². The molecule has 5 rings (SSSR count). The highest BCUT2D eigenvalue weighted by Gasteiger charge is 2.38. The number of allylic oxidation sites excluding steroid dienone is 1. The number of H-pyrrole nitrogens is 1. The van der Waals surface area contributed by atoms with Crippen molar-refractivity contribution in [3.63, 3.8) is 0 Å². The van der Waals surface area contributed by atoms with Gasteiger partial charge in [-0.1, -0.05) is 0 Å². The highest BCUT2D eigenvalue weighted by Crippen LogP contribution is 2.36. The van der Waals surface area contributed by atoms with Gasteiger partial charge in [0.15, 0.2) is 5.82 Å². The van der Waals surface area contributed by atoms with Gasteiger partial charge in [-0.2, -0.15) is 4.98 Å². The average molecular weight is 350 g/mol. The third kappa shape index (κ3) is 2.59. The zero-order valence-corrected chi connectivity index (χ0v) is 14.7. The minimum atomic E-state index is 0.00152. The highest BCUT2D eigenvalue weighted by molar-refractivity contribution is 6.20. The Morgan fingerprint density at radius 1 is 1.31 bits per heavy atom. The molecule has 2 saturated heterocycles. The first kappa shape index (κ1) is 15.6. The van der Waals surface area contributed by atoms with Gasteiger partial charge < -0.3 is 20.3 Å². The molecule has 0 amide bonds. The van der Waals surface area contributed by atoms with E-state index in [2.05, 4.69) is 37.2 Å². The fourth-order valence-electron chi connectivity index (χ4n) is 4.47. The second-order valence-corrected chi connectivity index (χ2v) is 7.42. The lowest BCUT2D eigenvalue weighted by molar-refractivity contribution is 0.168. The summed E-state index contributed by atoms with van der Waals surface area (Å²) in [7, 11) is 2.23. The van der Waals surface area contributed by atoms with E-state index in [1.165, 1.54) is 12.8 Å². The lowest BCUT2D eigenvalue weighted by Crippen LogP contribution is -2.44. The quantitative estimate of drug-likeness (QED) is 0.792. The number of aromatic hydroxyl groups is 1. The molecule has 3 atom stereocenters. The number of fused-ring (bicyclic) bond motifs is 3. The Bertz CT molecular complexity index is 887. The SMILES string of the molecule is CN1[C@@H]2CC[C@H]1CC(Nc1nc(O)c(C=C3C=Nc4ncccc43)[nH]1)C2. The van der Waals surface area contributed by atoms with Gasteiger partial charge in [-0.3, -0.25) is 0 Å². The van der Waals surface area contributed by atoms with Crippen LogP contribution >= 0.6 is 0 Å². The van der Waals surface area contributed by atoms with Crippen molar-refractivity contribution in [3.05, 3.63) is 29.6 Å². The minimum Gasteiger partial charge on any atom is -0.492 e. The molecule has 2 aromatic rings. The van der Waals surface area contributed by atoms with E-state index >= 15 is 0 Å². The van der Waals surface area contributed by atoms with E-state index in [4.69, 9.17) is 0 Å². The summed E-state index contributed by atoms with van der Waals surface area (Å²) < 4.78 is 0. The number of anilines is 1. The number of rotatable bonds is 3. The maximum absolute atomic E-state index is 10.2. The fourth-order valence-corrected chi connectivity index (χ4v) is 4.47. The lowest BCUT2D eigenvalue weighted by atomic mass is 9.98. The lowest BCUT2D eigenvalue weighted by Gasteiger charge is -2.36. The van der Waals surface area contributed by atoms with Crippen molar-refractivity contribution in [1.29, 1.82) is 0 Å². The Labute approximate surface area is 151 Å². The Hall–Kier alpha value is -2.67. The molecule has 5 heterocycles. The van der Waals surface area contributed by atoms with Crippen molar-refractivity contribution in [3.8, 4) is 5.88 Å². The molecule has 2 aromatic heterocycles. The zero-order chi connectivity index (χ0) is 17.7. The van der Waals surface area contributed by atoms with Gasteiger partial charge in [0.2, 0.25) is 11.8 Å². The molecule has 0 saturated carbocycles. The summed E-state index contributed by atoms with van der Waals surface area (Å²) in [5, 5.41) is 13.7. The predicted molar refractivity (Wildman–Crippen MR) is 102 cm³/mol. The fraction of sp³-hybridized carbons (Fsp3) is 0.421. The molecule has 3 aliphatic rings. The summed E-state index contributed by atoms with van der Waals surface area (Å²) >= 11 is 0. The van der Waals surface area contributed by atoms with E-state index in [9.17, 15) is 5.11 Å². The number of nitrogens with one attached hydrogen (secondary N) is 2. The number of hydrogen-bond donors (Lipinski definition) is 3. The third-order valence-corrected chi connectivity index (χ3v) is 5.87. The van der Waals surface area contributed by atoms with Crippen LogP contribution in [0.2, 0.25) is 0 Å². The summed E-state index contributed by atoms with van der Waals surface area (Å²) in [6, 6.07) is 5.58. The molecule has 134 valence electrons. The molecule has 0 radical (unpaired) electrons. The van der Waals surface area contributed by atoms with Crippen LogP contribution in [-0.4, -0.2) is 56.3 Å². The molecular weight excluding hydrogens is 328 g/mol. The van der Waals surface area contributed by atoms with Gasteiger partial charge in [-0.05, 0) is 50.9 Å². The molecule has 0 spiro atoms. The van der Waals surface area contributed by atoms with E-state index < -0.39 is 0 Å². The van der Waals surface area contributed by atoms with E-state index in [1.807, 2.05) is 18.2 Å². The number of imidazole rings is 1. The second kappa shape index (κ2) is 5.95. The molecule has 0 aliphatic carbocycles. The van der Waals surface area contributed by atoms with Crippen LogP contribution in [0.25, 0.3) is 11.6 Å². The van der Waals surface area contributed by atoms with Gasteiger partial charge >= 0.3 is 0 Å². The number of hydrogen-bond acceptors (Lipinski definition) is 6. The second-order valence-electron chi connectivity index (χ2n) is 7.42. The molecule has 0 aromatic carbocycles. The van der Waals surface area contributed by atoms with Crippen molar-refractivity contribution >= 4 is 29.6 Å². The van der Waals surface area contributed by atoms with Crippen molar-refractivity contribution < 1.29 is 5.11 Å². The number of nitrogens with zero attached hydrogens (tertiary/aromatic N) is 4. The van der Waals surface area contributed by atoms with Crippen LogP contribution in [0.15, 0.2) is 23.3 Å². The summed E-state index contributed by atoms with van der Waals surface area (Å²) in [5.41, 5.74) is 2.46. The molecule has 2 bridgehead atoms. The number of aliphatic imine (C=N–C) groups is 1. The van der Waals surface area contributed by atoms with Gasteiger partial charge in [0.1, 0.15) is 5.69 Å². The minimum absolute atomic E-state index is 0.00152. The summed E-state index contributed by atoms with van der Waals surface area (Å²) in [4.78, 5) is 18.5. The van der Waals surface area contributed by atoms with Crippen molar-refractivity contribution in [2.45, 2.75) is 43.8 Å². The molecule has 3 aliphatic heterocycles. The Balaban J connectivity index is 1.35. The van der Waals surface area contributed by atoms with Gasteiger partial charge in [-0.15, -0.1) is 0 Å². The van der Waals surface area contributed by atoms with Crippen LogP contribution in [0.5, 0.6) is 5.88 Å². The molecule has 26 heavy (non-hydrogen) atoms. The number of aromatic nitrogens is 3. The Morgan fingerprint density at radius 3 is 2.92 bits per heavy atom. The van der Waals surface area contributed by atoms with E-state index in [0.717, 1.165) is 24.0 Å². The van der Waals surface area contributed by atoms with Gasteiger partial charge in [0.05, 0.1) is 0 Å². The topological polar surface area (TPSA) is 89.4 Å². The molecular formula is C19H22N6O. The maximum Gasteiger partial charge on any atom is 0.238 e. The van der Waals surface area contributed by atoms with E-state index in [1.54, 1.807) is 12.4 Å². The van der Waals surface area contributed by atoms with Crippen molar-refractivity contribution in [1.82, 2.24) is 19.9 Å². The maximum atomic E-state index is 10.2. The molecule has 1 unspecified atom stereocenters. The van der Waals surface area contributed by atoms with Crippen molar-refractivity contribution in [2.75, 3.05) is 12.4 Å². The van der Waals surface area contributed by atoms with E-state index in [-0.39, 0.29) is 5.88 Å². The summed E-state index contributed by atoms with van der Waals surface area (Å²) in [6.07, 6.45) is 10.2. The Morgan fingerprint density at radius 2 is 2.12 bits per heavy atom. The highest BCUT2D eigenvalue weighted by atomic mass is 16.3. The molecule has 2 fully saturated rings. The monoisotopic (exact) mass is 350 g/mol. The van der Waals surface area contributed by atoms with Gasteiger partial charge in [0, 0.05) is 41.7 Å². The van der Waals surface area contributed by atoms with Crippen molar-refractivity contribution in [2.24, 2.45) is 4.99 Å². The number of aromatic amines is 1. The summed E-state index contributed by atoms with van der Waals surface area (Å²) in [6.45, 7) is 0. The van der Waals surface area contributed by atoms with Crippen LogP contribution in [0.1, 0.15) is 36.9 Å². The molecule has 7 heteroatoms. The van der Waals surface area contributed by atoms with Gasteiger partial charge in [-0.25, -0.2) is 9.98 Å². The predicted octanol–water partition coefficient (Wildman–Crippen LogP) is 2.80. The first-order chi connectivity index (χ1) is 12.7. The normalized spacial score (nSPS) is 28.7. The molecule has 3 N–H and O–H groups in total. The van der Waals surface area contributed by atoms with Crippen LogP contribution in [0, 0.1) is 0 Å². The smallest absolute Gasteiger partial charge is 0.238 e. The van der Waals surface area contributed by atoms with Crippen LogP contribution in [0.3, 0.4) is 0 Å². The number of pyridine rings is 1. The number of piperidine rings is 1. The first-order valence-corrected chi connectivity index (χ1v) is 9.16. The Kier molecular flexibility index (Phi) is 3.56. The standard InChI is InChI=1S/C19H22N6O/c1-25-13-4-5-14(25)9-12(8-13)22-19-23-16(18(26)24-19)7-11-10-21-17-15(11)3-2-6-20-17/h2-3,6-7,10,12-14,26H,4-5,8-9H2,1H3,(H2,22,23,24)/t12?,13-,14+. The van der Waals surface area contributed by atoms with Crippen LogP contribution in [0.4, 0.5) is 11.8 Å². The average Bonchev–Trinajstić information content (AvgIpc) is 3.24. The first-order valence-electron chi connectivity index (χ1n) is 9.16. The third-order valence-electron chi connectivity index (χ3n) is 5.87. The van der Waals surface area contributed by atoms with Gasteiger partial charge in [0.25, 0.3) is 0 Å². The largest absolute Gasteiger partial charge is 0.492 e. The van der Waals surface area contributed by atoms with Crippen LogP contribution < -0.4 is 5.32 Å². The zero-order valence-electron chi connectivity index (χ0n) is 14.7. The molecule has 7 nitrogen and oxygen atoms in total. The van der Waals surface area contributed by atoms with E-state index in [0.29, 0.717) is 35.6 Å². The summed E-state index contributed by atoms with van der Waals surface area (Å²) in [5.74, 6) is 1.34.